The number of carbonyl (C=O) groups excluding carboxylic acids is 2. The van der Waals surface area contributed by atoms with Crippen molar-refractivity contribution >= 4 is 28.5 Å². The zero-order valence-electron chi connectivity index (χ0n) is 19.1. The van der Waals surface area contributed by atoms with Crippen molar-refractivity contribution < 1.29 is 14.2 Å². The van der Waals surface area contributed by atoms with Crippen molar-refractivity contribution in [3.63, 3.8) is 0 Å². The van der Waals surface area contributed by atoms with Gasteiger partial charge in [0.25, 0.3) is 5.91 Å². The lowest BCUT2D eigenvalue weighted by Crippen LogP contribution is -2.27. The van der Waals surface area contributed by atoms with Gasteiger partial charge >= 0.3 is 0 Å². The fourth-order valence-electron chi connectivity index (χ4n) is 3.72. The quantitative estimate of drug-likeness (QED) is 0.466. The lowest BCUT2D eigenvalue weighted by Gasteiger charge is -2.18. The van der Waals surface area contributed by atoms with Gasteiger partial charge in [-0.05, 0) is 24.6 Å². The monoisotopic (exact) mass is 446 g/mol. The fourth-order valence-corrected chi connectivity index (χ4v) is 3.72. The molecule has 0 fully saturated rings. The van der Waals surface area contributed by atoms with Gasteiger partial charge in [-0.1, -0.05) is 47.6 Å². The van der Waals surface area contributed by atoms with Gasteiger partial charge in [0.05, 0.1) is 23.1 Å². The maximum atomic E-state index is 13.5. The maximum absolute atomic E-state index is 13.5. The number of aromatic nitrogens is 4. The van der Waals surface area contributed by atoms with Crippen molar-refractivity contribution in [1.29, 1.82) is 0 Å². The Balaban J connectivity index is 1.77. The molecule has 0 aliphatic heterocycles. The summed E-state index contributed by atoms with van der Waals surface area (Å²) >= 11 is 0. The molecule has 9 heteroatoms. The topological polar surface area (TPSA) is 106 Å². The second-order valence-electron chi connectivity index (χ2n) is 8.00. The number of anilines is 1. The molecule has 0 unspecified atom stereocenters. The Labute approximate surface area is 191 Å². The highest BCUT2D eigenvalue weighted by Gasteiger charge is 2.23. The Morgan fingerprint density at radius 2 is 1.91 bits per heavy atom. The van der Waals surface area contributed by atoms with Crippen molar-refractivity contribution in [2.24, 2.45) is 7.05 Å². The van der Waals surface area contributed by atoms with E-state index in [0.717, 1.165) is 11.4 Å². The van der Waals surface area contributed by atoms with Crippen LogP contribution < -0.4 is 5.32 Å². The summed E-state index contributed by atoms with van der Waals surface area (Å²) in [6, 6.07) is 13.5. The number of rotatable bonds is 7. The van der Waals surface area contributed by atoms with Crippen LogP contribution in [0.5, 0.6) is 0 Å². The molecular weight excluding hydrogens is 420 g/mol. The molecular formula is C24H26N6O3. The Morgan fingerprint density at radius 1 is 1.15 bits per heavy atom. The first-order chi connectivity index (χ1) is 15.9. The highest BCUT2D eigenvalue weighted by molar-refractivity contribution is 6.07. The van der Waals surface area contributed by atoms with Crippen molar-refractivity contribution in [2.45, 2.75) is 33.2 Å². The van der Waals surface area contributed by atoms with Crippen molar-refractivity contribution in [2.75, 3.05) is 12.4 Å². The van der Waals surface area contributed by atoms with Crippen LogP contribution in [0.1, 0.15) is 46.5 Å². The molecule has 1 N–H and O–H groups in total. The molecule has 2 amide bonds. The number of hydrogen-bond acceptors (Lipinski definition) is 6. The van der Waals surface area contributed by atoms with Crippen molar-refractivity contribution in [1.82, 2.24) is 24.8 Å². The van der Waals surface area contributed by atoms with Gasteiger partial charge in [0.1, 0.15) is 17.2 Å². The van der Waals surface area contributed by atoms with Crippen LogP contribution in [0.2, 0.25) is 0 Å². The SMILES string of the molecule is CCC(=O)Nc1cc(C(=O)N(C)Cc2nonc2C)c2c(c1)nc(Cc1ccccc1)n2C. The molecule has 0 aliphatic rings. The van der Waals surface area contributed by atoms with E-state index in [4.69, 9.17) is 9.61 Å². The van der Waals surface area contributed by atoms with Crippen LogP contribution in [0, 0.1) is 6.92 Å². The molecule has 2 aromatic carbocycles. The molecule has 170 valence electrons. The first-order valence-corrected chi connectivity index (χ1v) is 10.7. The smallest absolute Gasteiger partial charge is 0.256 e. The minimum atomic E-state index is -0.218. The van der Waals surface area contributed by atoms with Crippen LogP contribution >= 0.6 is 0 Å². The third-order valence-electron chi connectivity index (χ3n) is 5.58. The van der Waals surface area contributed by atoms with Crippen LogP contribution in [0.25, 0.3) is 11.0 Å². The van der Waals surface area contributed by atoms with E-state index >= 15 is 0 Å². The second kappa shape index (κ2) is 9.23. The van der Waals surface area contributed by atoms with Crippen LogP contribution in [0.15, 0.2) is 47.1 Å². The largest absolute Gasteiger partial charge is 0.336 e. The van der Waals surface area contributed by atoms with E-state index in [-0.39, 0.29) is 18.4 Å². The number of imidazole rings is 1. The van der Waals surface area contributed by atoms with E-state index in [9.17, 15) is 9.59 Å². The standard InChI is InChI=1S/C24H26N6O3/c1-5-22(31)25-17-12-18(24(32)29(3)14-20-15(2)27-33-28-20)23-19(13-17)26-21(30(23)4)11-16-9-7-6-8-10-16/h6-10,12-13H,5,11,14H2,1-4H3,(H,25,31). The minimum absolute atomic E-state index is 0.133. The fraction of sp³-hybridized carbons (Fsp3) is 0.292. The summed E-state index contributed by atoms with van der Waals surface area (Å²) in [6.07, 6.45) is 0.955. The lowest BCUT2D eigenvalue weighted by atomic mass is 10.1. The Morgan fingerprint density at radius 3 is 2.58 bits per heavy atom. The van der Waals surface area contributed by atoms with Crippen LogP contribution in [-0.4, -0.2) is 43.6 Å². The zero-order valence-corrected chi connectivity index (χ0v) is 19.1. The van der Waals surface area contributed by atoms with Gasteiger partial charge in [-0.25, -0.2) is 9.61 Å². The number of nitrogens with one attached hydrogen (secondary N) is 1. The third-order valence-corrected chi connectivity index (χ3v) is 5.58. The van der Waals surface area contributed by atoms with Crippen LogP contribution in [-0.2, 0) is 24.8 Å². The van der Waals surface area contributed by atoms with Crippen molar-refractivity contribution in [3.05, 3.63) is 70.8 Å². The summed E-state index contributed by atoms with van der Waals surface area (Å²) in [7, 11) is 3.60. The predicted octanol–water partition coefficient (Wildman–Crippen LogP) is 3.48. The van der Waals surface area contributed by atoms with Gasteiger partial charge < -0.3 is 14.8 Å². The first-order valence-electron chi connectivity index (χ1n) is 10.7. The van der Waals surface area contributed by atoms with E-state index in [1.54, 1.807) is 37.9 Å². The normalized spacial score (nSPS) is 11.0. The molecule has 2 heterocycles. The van der Waals surface area contributed by atoms with Crippen LogP contribution in [0.3, 0.4) is 0 Å². The Kier molecular flexibility index (Phi) is 6.21. The molecule has 4 aromatic rings. The molecule has 0 spiro atoms. The molecule has 9 nitrogen and oxygen atoms in total. The predicted molar refractivity (Wildman–Crippen MR) is 124 cm³/mol. The van der Waals surface area contributed by atoms with E-state index in [2.05, 4.69) is 15.6 Å². The number of fused-ring (bicyclic) bond motifs is 1. The molecule has 0 bridgehead atoms. The summed E-state index contributed by atoms with van der Waals surface area (Å²) in [5.41, 5.74) is 4.69. The first kappa shape index (κ1) is 22.2. The molecule has 2 aromatic heterocycles. The number of amides is 2. The van der Waals surface area contributed by atoms with E-state index in [0.29, 0.717) is 46.5 Å². The highest BCUT2D eigenvalue weighted by atomic mass is 16.6. The van der Waals surface area contributed by atoms with E-state index in [1.807, 2.05) is 41.9 Å². The average molecular weight is 447 g/mol. The Bertz CT molecular complexity index is 1310. The zero-order chi connectivity index (χ0) is 23.5. The number of benzene rings is 2. The number of aryl methyl sites for hydroxylation is 2. The summed E-state index contributed by atoms with van der Waals surface area (Å²) in [5.74, 6) is 0.471. The van der Waals surface area contributed by atoms with Crippen molar-refractivity contribution in [3.8, 4) is 0 Å². The van der Waals surface area contributed by atoms with Crippen LogP contribution in [0.4, 0.5) is 5.69 Å². The summed E-state index contributed by atoms with van der Waals surface area (Å²) in [6.45, 7) is 3.80. The average Bonchev–Trinajstić information content (AvgIpc) is 3.35. The molecule has 0 aliphatic carbocycles. The number of hydrogen-bond donors (Lipinski definition) is 1. The molecule has 4 rings (SSSR count). The lowest BCUT2D eigenvalue weighted by molar-refractivity contribution is -0.115. The van der Waals surface area contributed by atoms with Gasteiger partial charge in [0.2, 0.25) is 5.91 Å². The Hall–Kier alpha value is -4.01. The van der Waals surface area contributed by atoms with Gasteiger partial charge in [-0.2, -0.15) is 0 Å². The molecule has 0 saturated carbocycles. The van der Waals surface area contributed by atoms with Gasteiger partial charge in [-0.15, -0.1) is 0 Å². The molecule has 0 atom stereocenters. The van der Waals surface area contributed by atoms with Gasteiger partial charge in [-0.3, -0.25) is 9.59 Å². The summed E-state index contributed by atoms with van der Waals surface area (Å²) in [4.78, 5) is 31.9. The molecule has 0 saturated heterocycles. The summed E-state index contributed by atoms with van der Waals surface area (Å²) in [5, 5.41) is 10.5. The second-order valence-corrected chi connectivity index (χ2v) is 8.00. The highest BCUT2D eigenvalue weighted by Crippen LogP contribution is 2.27. The molecule has 0 radical (unpaired) electrons. The third kappa shape index (κ3) is 4.62. The maximum Gasteiger partial charge on any atom is 0.256 e. The molecule has 33 heavy (non-hydrogen) atoms. The van der Waals surface area contributed by atoms with E-state index < -0.39 is 0 Å². The summed E-state index contributed by atoms with van der Waals surface area (Å²) < 4.78 is 6.70. The van der Waals surface area contributed by atoms with E-state index in [1.165, 1.54) is 0 Å². The van der Waals surface area contributed by atoms with Gasteiger partial charge in [0.15, 0.2) is 0 Å². The number of nitrogens with zero attached hydrogens (tertiary/aromatic N) is 5. The van der Waals surface area contributed by atoms with Gasteiger partial charge in [0, 0.05) is 32.6 Å². The number of carbonyl (C=O) groups is 2. The minimum Gasteiger partial charge on any atom is -0.336 e.